The molecule has 0 saturated heterocycles. The maximum absolute atomic E-state index is 13.0. The van der Waals surface area contributed by atoms with Gasteiger partial charge in [-0.2, -0.15) is 13.2 Å². The number of thioether (sulfide) groups is 1. The Balaban J connectivity index is 2.41. The van der Waals surface area contributed by atoms with Crippen molar-refractivity contribution in [2.45, 2.75) is 16.0 Å². The number of nitro groups is 1. The quantitative estimate of drug-likeness (QED) is 0.421. The van der Waals surface area contributed by atoms with Crippen molar-refractivity contribution in [3.63, 3.8) is 0 Å². The van der Waals surface area contributed by atoms with E-state index in [1.165, 1.54) is 17.8 Å². The summed E-state index contributed by atoms with van der Waals surface area (Å²) in [4.78, 5) is 10.1. The van der Waals surface area contributed by atoms with Crippen molar-refractivity contribution in [2.24, 2.45) is 0 Å². The molecule has 2 aromatic carbocycles. The van der Waals surface area contributed by atoms with Gasteiger partial charge in [-0.3, -0.25) is 14.8 Å². The first-order chi connectivity index (χ1) is 11.6. The summed E-state index contributed by atoms with van der Waals surface area (Å²) >= 11 is 7.20. The Labute approximate surface area is 152 Å². The van der Waals surface area contributed by atoms with Crippen LogP contribution >= 0.6 is 23.4 Å². The van der Waals surface area contributed by atoms with E-state index in [0.29, 0.717) is 27.7 Å². The number of nitro benzene ring substituents is 1. The number of rotatable bonds is 5. The first kappa shape index (κ1) is 19.5. The third-order valence-corrected chi connectivity index (χ3v) is 5.17. The van der Waals surface area contributed by atoms with Crippen LogP contribution < -0.4 is 4.72 Å². The fourth-order valence-corrected chi connectivity index (χ4v) is 3.61. The Hall–Kier alpha value is -1.78. The molecule has 0 aliphatic carbocycles. The molecule has 5 nitrogen and oxygen atoms in total. The van der Waals surface area contributed by atoms with Crippen molar-refractivity contribution in [1.29, 1.82) is 0 Å². The van der Waals surface area contributed by atoms with Crippen LogP contribution in [0.1, 0.15) is 5.56 Å². The fraction of sp³-hybridized carbons (Fsp3) is 0.143. The molecule has 0 aliphatic rings. The standard InChI is InChI=1S/C14H10ClF3N2O3S2/c1-24-13-5-2-8(15)6-11(13)19-25(23)9-3-4-12(20(21)22)10(7-9)14(16,17)18/h2-7,19H,1H3. The molecular formula is C14H10ClF3N2O3S2. The maximum Gasteiger partial charge on any atom is 0.423 e. The highest BCUT2D eigenvalue weighted by Crippen LogP contribution is 2.37. The van der Waals surface area contributed by atoms with Gasteiger partial charge in [-0.25, -0.2) is 4.21 Å². The van der Waals surface area contributed by atoms with Crippen LogP contribution in [0.3, 0.4) is 0 Å². The molecule has 2 aromatic rings. The average Bonchev–Trinajstić information content (AvgIpc) is 2.53. The topological polar surface area (TPSA) is 72.2 Å². The normalized spacial score (nSPS) is 12.7. The van der Waals surface area contributed by atoms with Gasteiger partial charge in [-0.05, 0) is 36.6 Å². The third kappa shape index (κ3) is 4.65. The van der Waals surface area contributed by atoms with Crippen LogP contribution in [-0.4, -0.2) is 15.4 Å². The smallest absolute Gasteiger partial charge is 0.300 e. The van der Waals surface area contributed by atoms with E-state index in [1.54, 1.807) is 18.4 Å². The van der Waals surface area contributed by atoms with Crippen LogP contribution in [-0.2, 0) is 17.2 Å². The maximum atomic E-state index is 13.0. The largest absolute Gasteiger partial charge is 0.423 e. The molecule has 1 unspecified atom stereocenters. The molecule has 1 N–H and O–H groups in total. The van der Waals surface area contributed by atoms with Gasteiger partial charge in [0.2, 0.25) is 0 Å². The molecule has 0 amide bonds. The summed E-state index contributed by atoms with van der Waals surface area (Å²) in [5.74, 6) is 0. The summed E-state index contributed by atoms with van der Waals surface area (Å²) in [5, 5.41) is 11.1. The van der Waals surface area contributed by atoms with Gasteiger partial charge in [0, 0.05) is 16.0 Å². The fourth-order valence-electron chi connectivity index (χ4n) is 1.94. The van der Waals surface area contributed by atoms with E-state index in [4.69, 9.17) is 11.6 Å². The van der Waals surface area contributed by atoms with E-state index in [0.717, 1.165) is 6.07 Å². The Morgan fingerprint density at radius 2 is 1.92 bits per heavy atom. The van der Waals surface area contributed by atoms with E-state index >= 15 is 0 Å². The van der Waals surface area contributed by atoms with E-state index < -0.39 is 33.3 Å². The van der Waals surface area contributed by atoms with Gasteiger partial charge < -0.3 is 0 Å². The number of alkyl halides is 3. The summed E-state index contributed by atoms with van der Waals surface area (Å²) in [6.45, 7) is 0. The van der Waals surface area contributed by atoms with Crippen LogP contribution in [0.2, 0.25) is 5.02 Å². The number of halogens is 4. The zero-order valence-electron chi connectivity index (χ0n) is 12.5. The highest BCUT2D eigenvalue weighted by Gasteiger charge is 2.38. The second-order valence-electron chi connectivity index (χ2n) is 4.65. The minimum atomic E-state index is -4.94. The summed E-state index contributed by atoms with van der Waals surface area (Å²) in [6, 6.07) is 6.98. The zero-order chi connectivity index (χ0) is 18.8. The van der Waals surface area contributed by atoms with Crippen LogP contribution in [0, 0.1) is 10.1 Å². The van der Waals surface area contributed by atoms with Gasteiger partial charge in [0.15, 0.2) is 0 Å². The molecule has 2 rings (SSSR count). The molecule has 25 heavy (non-hydrogen) atoms. The number of hydrogen-bond acceptors (Lipinski definition) is 4. The van der Waals surface area contributed by atoms with E-state index in [1.807, 2.05) is 0 Å². The van der Waals surface area contributed by atoms with Gasteiger partial charge in [-0.15, -0.1) is 11.8 Å². The highest BCUT2D eigenvalue weighted by atomic mass is 35.5. The summed E-state index contributed by atoms with van der Waals surface area (Å²) in [6.07, 6.45) is -3.17. The lowest BCUT2D eigenvalue weighted by atomic mass is 10.2. The van der Waals surface area contributed by atoms with E-state index in [2.05, 4.69) is 4.72 Å². The Bertz CT molecular complexity index is 847. The summed E-state index contributed by atoms with van der Waals surface area (Å²) in [5.41, 5.74) is -2.17. The second-order valence-corrected chi connectivity index (χ2v) is 7.15. The third-order valence-electron chi connectivity index (χ3n) is 3.05. The van der Waals surface area contributed by atoms with Gasteiger partial charge >= 0.3 is 6.18 Å². The van der Waals surface area contributed by atoms with Crippen LogP contribution in [0.5, 0.6) is 0 Å². The highest BCUT2D eigenvalue weighted by molar-refractivity contribution is 7.98. The minimum Gasteiger partial charge on any atom is -0.300 e. The Morgan fingerprint density at radius 3 is 2.48 bits per heavy atom. The molecular weight excluding hydrogens is 401 g/mol. The molecule has 0 radical (unpaired) electrons. The molecule has 0 bridgehead atoms. The van der Waals surface area contributed by atoms with Gasteiger partial charge in [-0.1, -0.05) is 11.6 Å². The molecule has 0 spiro atoms. The van der Waals surface area contributed by atoms with Crippen LogP contribution in [0.15, 0.2) is 46.2 Å². The number of benzene rings is 2. The van der Waals surface area contributed by atoms with Crippen LogP contribution in [0.4, 0.5) is 24.5 Å². The van der Waals surface area contributed by atoms with Crippen molar-refractivity contribution in [3.05, 3.63) is 57.1 Å². The Morgan fingerprint density at radius 1 is 1.24 bits per heavy atom. The molecule has 0 aromatic heterocycles. The lowest BCUT2D eigenvalue weighted by Crippen LogP contribution is -2.12. The van der Waals surface area contributed by atoms with Crippen molar-refractivity contribution in [2.75, 3.05) is 11.0 Å². The molecule has 0 aliphatic heterocycles. The van der Waals surface area contributed by atoms with E-state index in [-0.39, 0.29) is 4.90 Å². The van der Waals surface area contributed by atoms with Gasteiger partial charge in [0.05, 0.1) is 15.5 Å². The lowest BCUT2D eigenvalue weighted by molar-refractivity contribution is -0.388. The minimum absolute atomic E-state index is 0.245. The SMILES string of the molecule is CSc1ccc(Cl)cc1NS(=O)c1ccc([N+](=O)[O-])c(C(F)(F)F)c1. The van der Waals surface area contributed by atoms with Crippen molar-refractivity contribution < 1.29 is 22.3 Å². The van der Waals surface area contributed by atoms with Crippen molar-refractivity contribution in [3.8, 4) is 0 Å². The molecule has 0 fully saturated rings. The van der Waals surface area contributed by atoms with Gasteiger partial charge in [0.25, 0.3) is 5.69 Å². The molecule has 1 atom stereocenters. The number of nitrogens with one attached hydrogen (secondary N) is 1. The lowest BCUT2D eigenvalue weighted by Gasteiger charge is -2.12. The monoisotopic (exact) mass is 410 g/mol. The molecule has 11 heteroatoms. The van der Waals surface area contributed by atoms with Gasteiger partial charge in [0.1, 0.15) is 16.5 Å². The first-order valence-electron chi connectivity index (χ1n) is 6.51. The average molecular weight is 411 g/mol. The summed E-state index contributed by atoms with van der Waals surface area (Å²) < 4.78 is 54.0. The van der Waals surface area contributed by atoms with Crippen LogP contribution in [0.25, 0.3) is 0 Å². The first-order valence-corrected chi connectivity index (χ1v) is 9.26. The molecule has 0 saturated carbocycles. The predicted octanol–water partition coefficient (Wildman–Crippen LogP) is 5.12. The van der Waals surface area contributed by atoms with Crippen molar-refractivity contribution >= 4 is 45.7 Å². The van der Waals surface area contributed by atoms with Crippen molar-refractivity contribution in [1.82, 2.24) is 0 Å². The zero-order valence-corrected chi connectivity index (χ0v) is 14.9. The number of hydrogen-bond donors (Lipinski definition) is 1. The predicted molar refractivity (Wildman–Crippen MR) is 91.4 cm³/mol. The number of anilines is 1. The molecule has 134 valence electrons. The second kappa shape index (κ2) is 7.63. The molecule has 0 heterocycles. The summed E-state index contributed by atoms with van der Waals surface area (Å²) in [7, 11) is -2.07. The van der Waals surface area contributed by atoms with E-state index in [9.17, 15) is 27.5 Å². The Kier molecular flexibility index (Phi) is 5.96. The number of nitrogens with zero attached hydrogens (tertiary/aromatic N) is 1.